The average molecular weight is 289 g/mol. The van der Waals surface area contributed by atoms with Crippen molar-refractivity contribution in [3.05, 3.63) is 32.4 Å². The van der Waals surface area contributed by atoms with E-state index in [4.69, 9.17) is 5.73 Å². The molecule has 4 heteroatoms. The lowest BCUT2D eigenvalue weighted by Crippen LogP contribution is -2.14. The van der Waals surface area contributed by atoms with Gasteiger partial charge in [-0.2, -0.15) is 0 Å². The number of carbonyl (C=O) groups is 2. The minimum absolute atomic E-state index is 0.405. The number of aldehydes is 1. The first-order valence-electron chi connectivity index (χ1n) is 3.61. The summed E-state index contributed by atoms with van der Waals surface area (Å²) in [5.74, 6) is -0.504. The van der Waals surface area contributed by atoms with Crippen LogP contribution in [0.15, 0.2) is 12.1 Å². The van der Waals surface area contributed by atoms with Crippen molar-refractivity contribution in [3.63, 3.8) is 0 Å². The van der Waals surface area contributed by atoms with Crippen LogP contribution in [0.4, 0.5) is 0 Å². The van der Waals surface area contributed by atoms with Crippen LogP contribution in [-0.2, 0) is 0 Å². The predicted octanol–water partition coefficient (Wildman–Crippen LogP) is 1.51. The van der Waals surface area contributed by atoms with Gasteiger partial charge in [-0.15, -0.1) is 0 Å². The SMILES string of the molecule is Cc1cc(C=O)cc(C(N)=O)c1I. The van der Waals surface area contributed by atoms with E-state index in [0.29, 0.717) is 17.4 Å². The molecule has 0 saturated heterocycles. The fourth-order valence-corrected chi connectivity index (χ4v) is 1.62. The first-order chi connectivity index (χ1) is 6.06. The normalized spacial score (nSPS) is 9.69. The number of amides is 1. The maximum Gasteiger partial charge on any atom is 0.249 e. The van der Waals surface area contributed by atoms with Crippen LogP contribution >= 0.6 is 22.6 Å². The van der Waals surface area contributed by atoms with E-state index in [1.54, 1.807) is 6.07 Å². The minimum atomic E-state index is -0.504. The van der Waals surface area contributed by atoms with Crippen LogP contribution in [0.3, 0.4) is 0 Å². The summed E-state index contributed by atoms with van der Waals surface area (Å²) < 4.78 is 0.802. The highest BCUT2D eigenvalue weighted by molar-refractivity contribution is 14.1. The lowest BCUT2D eigenvalue weighted by atomic mass is 10.1. The van der Waals surface area contributed by atoms with E-state index in [2.05, 4.69) is 0 Å². The van der Waals surface area contributed by atoms with Crippen molar-refractivity contribution in [1.82, 2.24) is 0 Å². The van der Waals surface area contributed by atoms with E-state index in [9.17, 15) is 9.59 Å². The molecule has 0 bridgehead atoms. The Hall–Kier alpha value is -0.910. The summed E-state index contributed by atoms with van der Waals surface area (Å²) >= 11 is 2.04. The van der Waals surface area contributed by atoms with Gasteiger partial charge >= 0.3 is 0 Å². The van der Waals surface area contributed by atoms with Crippen LogP contribution in [0.25, 0.3) is 0 Å². The molecule has 0 aromatic heterocycles. The van der Waals surface area contributed by atoms with E-state index in [0.717, 1.165) is 9.13 Å². The average Bonchev–Trinajstić information content (AvgIpc) is 2.09. The van der Waals surface area contributed by atoms with Crippen molar-refractivity contribution in [2.75, 3.05) is 0 Å². The van der Waals surface area contributed by atoms with Crippen LogP contribution < -0.4 is 5.73 Å². The number of nitrogens with two attached hydrogens (primary N) is 1. The van der Waals surface area contributed by atoms with Gasteiger partial charge in [0.25, 0.3) is 0 Å². The second-order valence-electron chi connectivity index (χ2n) is 2.68. The van der Waals surface area contributed by atoms with Crippen molar-refractivity contribution in [2.45, 2.75) is 6.92 Å². The molecular weight excluding hydrogens is 281 g/mol. The lowest BCUT2D eigenvalue weighted by Gasteiger charge is -2.04. The Morgan fingerprint density at radius 2 is 2.15 bits per heavy atom. The molecule has 0 spiro atoms. The summed E-state index contributed by atoms with van der Waals surface area (Å²) in [6.07, 6.45) is 0.704. The van der Waals surface area contributed by atoms with Gasteiger partial charge in [-0.1, -0.05) is 0 Å². The number of hydrogen-bond donors (Lipinski definition) is 1. The van der Waals surface area contributed by atoms with Crippen LogP contribution in [0.2, 0.25) is 0 Å². The second-order valence-corrected chi connectivity index (χ2v) is 3.76. The number of hydrogen-bond acceptors (Lipinski definition) is 2. The van der Waals surface area contributed by atoms with E-state index in [1.807, 2.05) is 29.5 Å². The van der Waals surface area contributed by atoms with Gasteiger partial charge in [0.2, 0.25) is 5.91 Å². The maximum atomic E-state index is 10.9. The van der Waals surface area contributed by atoms with Gasteiger partial charge in [0, 0.05) is 9.13 Å². The van der Waals surface area contributed by atoms with Crippen LogP contribution in [0.5, 0.6) is 0 Å². The molecule has 13 heavy (non-hydrogen) atoms. The monoisotopic (exact) mass is 289 g/mol. The smallest absolute Gasteiger partial charge is 0.249 e. The quantitative estimate of drug-likeness (QED) is 0.662. The number of aryl methyl sites for hydroxylation is 1. The predicted molar refractivity (Wildman–Crippen MR) is 57.8 cm³/mol. The molecule has 68 valence electrons. The maximum absolute atomic E-state index is 10.9. The number of benzene rings is 1. The fourth-order valence-electron chi connectivity index (χ4n) is 1.04. The third-order valence-electron chi connectivity index (χ3n) is 1.68. The Balaban J connectivity index is 3.41. The fraction of sp³-hybridized carbons (Fsp3) is 0.111. The number of primary amides is 1. The molecule has 0 aliphatic rings. The minimum Gasteiger partial charge on any atom is -0.366 e. The third kappa shape index (κ3) is 2.06. The van der Waals surface area contributed by atoms with Gasteiger partial charge < -0.3 is 5.73 Å². The number of carbonyl (C=O) groups excluding carboxylic acids is 2. The third-order valence-corrected chi connectivity index (χ3v) is 3.11. The lowest BCUT2D eigenvalue weighted by molar-refractivity contribution is 0.0999. The summed E-state index contributed by atoms with van der Waals surface area (Å²) in [4.78, 5) is 21.4. The molecule has 1 amide bonds. The van der Waals surface area contributed by atoms with Crippen LogP contribution in [0, 0.1) is 10.5 Å². The van der Waals surface area contributed by atoms with Gasteiger partial charge in [0.15, 0.2) is 0 Å². The molecule has 0 atom stereocenters. The first-order valence-corrected chi connectivity index (χ1v) is 4.69. The summed E-state index contributed by atoms with van der Waals surface area (Å²) in [6.45, 7) is 1.83. The van der Waals surface area contributed by atoms with Gasteiger partial charge in [-0.05, 0) is 47.2 Å². The standard InChI is InChI=1S/C9H8INO2/c1-5-2-6(4-12)3-7(8(5)10)9(11)13/h2-4H,1H3,(H2,11,13). The molecule has 0 aliphatic heterocycles. The molecule has 1 aromatic carbocycles. The topological polar surface area (TPSA) is 60.2 Å². The zero-order valence-electron chi connectivity index (χ0n) is 7.00. The highest BCUT2D eigenvalue weighted by Gasteiger charge is 2.09. The molecular formula is C9H8INO2. The second kappa shape index (κ2) is 3.87. The van der Waals surface area contributed by atoms with Crippen molar-refractivity contribution in [3.8, 4) is 0 Å². The molecule has 0 heterocycles. The number of halogens is 1. The van der Waals surface area contributed by atoms with E-state index in [-0.39, 0.29) is 0 Å². The summed E-state index contributed by atoms with van der Waals surface area (Å²) in [5, 5.41) is 0. The van der Waals surface area contributed by atoms with Gasteiger partial charge in [0.1, 0.15) is 6.29 Å². The molecule has 1 rings (SSSR count). The van der Waals surface area contributed by atoms with Crippen LogP contribution in [-0.4, -0.2) is 12.2 Å². The van der Waals surface area contributed by atoms with Gasteiger partial charge in [-0.3, -0.25) is 9.59 Å². The zero-order valence-corrected chi connectivity index (χ0v) is 9.16. The van der Waals surface area contributed by atoms with E-state index >= 15 is 0 Å². The molecule has 0 aliphatic carbocycles. The molecule has 0 radical (unpaired) electrons. The highest BCUT2D eigenvalue weighted by atomic mass is 127. The van der Waals surface area contributed by atoms with Gasteiger partial charge in [-0.25, -0.2) is 0 Å². The number of rotatable bonds is 2. The summed E-state index contributed by atoms with van der Waals surface area (Å²) in [6, 6.07) is 3.23. The van der Waals surface area contributed by atoms with Crippen molar-refractivity contribution < 1.29 is 9.59 Å². The Kier molecular flexibility index (Phi) is 3.02. The molecule has 0 saturated carbocycles. The molecule has 0 fully saturated rings. The van der Waals surface area contributed by atoms with Crippen molar-refractivity contribution >= 4 is 34.8 Å². The molecule has 1 aromatic rings. The highest BCUT2D eigenvalue weighted by Crippen LogP contribution is 2.18. The van der Waals surface area contributed by atoms with Crippen molar-refractivity contribution in [1.29, 1.82) is 0 Å². The summed E-state index contributed by atoms with van der Waals surface area (Å²) in [5.41, 5.74) is 6.92. The Bertz CT molecular complexity index is 374. The summed E-state index contributed by atoms with van der Waals surface area (Å²) in [7, 11) is 0. The Labute approximate surface area is 89.5 Å². The first kappa shape index (κ1) is 10.2. The Morgan fingerprint density at radius 3 is 2.62 bits per heavy atom. The van der Waals surface area contributed by atoms with Crippen LogP contribution in [0.1, 0.15) is 26.3 Å². The van der Waals surface area contributed by atoms with Gasteiger partial charge in [0.05, 0.1) is 5.56 Å². The van der Waals surface area contributed by atoms with E-state index in [1.165, 1.54) is 6.07 Å². The molecule has 0 unspecified atom stereocenters. The van der Waals surface area contributed by atoms with Crippen molar-refractivity contribution in [2.24, 2.45) is 5.73 Å². The largest absolute Gasteiger partial charge is 0.366 e. The van der Waals surface area contributed by atoms with E-state index < -0.39 is 5.91 Å². The molecule has 2 N–H and O–H groups in total. The zero-order chi connectivity index (χ0) is 10.0. The Morgan fingerprint density at radius 1 is 1.54 bits per heavy atom. The molecule has 3 nitrogen and oxygen atoms in total.